The van der Waals surface area contributed by atoms with Crippen LogP contribution in [-0.4, -0.2) is 48.1 Å². The molecule has 0 spiro atoms. The standard InChI is InChI=1S/C16H20N4O4/c1-22-12-8-13(21)20-6-5-17-4-2-11(20)14(12)16-18-15(19-24-16)10-3-7-23-9-10/h8,10,17H,2-7,9H2,1H3/t10-/m0/s1. The summed E-state index contributed by atoms with van der Waals surface area (Å²) in [4.78, 5) is 16.9. The minimum atomic E-state index is -0.0711. The number of fused-ring (bicyclic) bond motifs is 1. The van der Waals surface area contributed by atoms with Crippen LogP contribution < -0.4 is 15.6 Å². The average molecular weight is 332 g/mol. The summed E-state index contributed by atoms with van der Waals surface area (Å²) in [6, 6.07) is 1.49. The molecule has 1 saturated heterocycles. The van der Waals surface area contributed by atoms with Gasteiger partial charge < -0.3 is 23.9 Å². The van der Waals surface area contributed by atoms with E-state index in [4.69, 9.17) is 14.0 Å². The Morgan fingerprint density at radius 1 is 1.42 bits per heavy atom. The molecule has 0 saturated carbocycles. The molecule has 0 aliphatic carbocycles. The summed E-state index contributed by atoms with van der Waals surface area (Å²) in [7, 11) is 1.55. The number of nitrogens with zero attached hydrogens (tertiary/aromatic N) is 3. The van der Waals surface area contributed by atoms with E-state index in [1.807, 2.05) is 0 Å². The highest BCUT2D eigenvalue weighted by Crippen LogP contribution is 2.33. The molecule has 24 heavy (non-hydrogen) atoms. The monoisotopic (exact) mass is 332 g/mol. The van der Waals surface area contributed by atoms with Crippen LogP contribution in [0.2, 0.25) is 0 Å². The molecule has 1 fully saturated rings. The number of rotatable bonds is 3. The molecule has 0 unspecified atom stereocenters. The van der Waals surface area contributed by atoms with Crippen LogP contribution in [0.4, 0.5) is 0 Å². The first-order valence-corrected chi connectivity index (χ1v) is 8.21. The van der Waals surface area contributed by atoms with E-state index in [0.717, 1.165) is 37.4 Å². The van der Waals surface area contributed by atoms with Gasteiger partial charge in [0.05, 0.1) is 13.7 Å². The zero-order chi connectivity index (χ0) is 16.5. The Bertz CT molecular complexity index is 792. The summed E-state index contributed by atoms with van der Waals surface area (Å²) in [6.07, 6.45) is 1.60. The number of ether oxygens (including phenoxy) is 2. The maximum Gasteiger partial charge on any atom is 0.263 e. The lowest BCUT2D eigenvalue weighted by atomic mass is 10.1. The molecule has 0 radical (unpaired) electrons. The minimum absolute atomic E-state index is 0.0711. The Morgan fingerprint density at radius 2 is 2.33 bits per heavy atom. The van der Waals surface area contributed by atoms with Gasteiger partial charge in [-0.3, -0.25) is 4.79 Å². The Kier molecular flexibility index (Phi) is 4.07. The van der Waals surface area contributed by atoms with E-state index in [-0.39, 0.29) is 11.5 Å². The molecule has 8 heteroatoms. The fourth-order valence-electron chi connectivity index (χ4n) is 3.33. The van der Waals surface area contributed by atoms with E-state index in [9.17, 15) is 4.79 Å². The molecule has 2 aliphatic rings. The number of pyridine rings is 1. The van der Waals surface area contributed by atoms with Crippen molar-refractivity contribution in [3.05, 3.63) is 27.9 Å². The summed E-state index contributed by atoms with van der Waals surface area (Å²) >= 11 is 0. The molecule has 1 atom stereocenters. The van der Waals surface area contributed by atoms with Gasteiger partial charge in [0, 0.05) is 50.3 Å². The van der Waals surface area contributed by atoms with E-state index in [2.05, 4.69) is 15.5 Å². The van der Waals surface area contributed by atoms with Crippen LogP contribution in [0.15, 0.2) is 15.4 Å². The first kappa shape index (κ1) is 15.3. The van der Waals surface area contributed by atoms with Crippen LogP contribution in [0.5, 0.6) is 5.75 Å². The van der Waals surface area contributed by atoms with Gasteiger partial charge >= 0.3 is 0 Å². The molecule has 8 nitrogen and oxygen atoms in total. The molecule has 4 rings (SSSR count). The Morgan fingerprint density at radius 3 is 3.12 bits per heavy atom. The first-order valence-electron chi connectivity index (χ1n) is 8.21. The predicted octanol–water partition coefficient (Wildman–Crippen LogP) is 0.556. The maximum absolute atomic E-state index is 12.4. The second-order valence-electron chi connectivity index (χ2n) is 6.04. The van der Waals surface area contributed by atoms with Gasteiger partial charge in [-0.05, 0) is 6.42 Å². The van der Waals surface area contributed by atoms with Crippen molar-refractivity contribution in [1.82, 2.24) is 20.0 Å². The van der Waals surface area contributed by atoms with Gasteiger partial charge in [-0.25, -0.2) is 0 Å². The van der Waals surface area contributed by atoms with E-state index >= 15 is 0 Å². The predicted molar refractivity (Wildman–Crippen MR) is 85.3 cm³/mol. The normalized spacial score (nSPS) is 20.6. The average Bonchev–Trinajstić information content (AvgIpc) is 3.22. The van der Waals surface area contributed by atoms with Gasteiger partial charge in [0.15, 0.2) is 5.82 Å². The topological polar surface area (TPSA) is 91.4 Å². The summed E-state index contributed by atoms with van der Waals surface area (Å²) < 4.78 is 18.1. The van der Waals surface area contributed by atoms with Gasteiger partial charge in [0.2, 0.25) is 0 Å². The smallest absolute Gasteiger partial charge is 0.263 e. The van der Waals surface area contributed by atoms with Gasteiger partial charge in [0.25, 0.3) is 11.4 Å². The molecule has 0 amide bonds. The van der Waals surface area contributed by atoms with Gasteiger partial charge in [-0.15, -0.1) is 0 Å². The molecule has 0 aromatic carbocycles. The van der Waals surface area contributed by atoms with E-state index in [1.165, 1.54) is 6.07 Å². The van der Waals surface area contributed by atoms with Crippen molar-refractivity contribution in [1.29, 1.82) is 0 Å². The third-order valence-corrected chi connectivity index (χ3v) is 4.60. The SMILES string of the molecule is COc1cc(=O)n2c(c1-c1nc([C@H]3CCOC3)no1)CCNCC2. The molecule has 1 N–H and O–H groups in total. The van der Waals surface area contributed by atoms with Crippen LogP contribution in [0.25, 0.3) is 11.5 Å². The first-order chi connectivity index (χ1) is 11.8. The van der Waals surface area contributed by atoms with Crippen molar-refractivity contribution >= 4 is 0 Å². The van der Waals surface area contributed by atoms with Gasteiger partial charge in [-0.1, -0.05) is 5.16 Å². The highest BCUT2D eigenvalue weighted by Gasteiger charge is 2.27. The Hall–Kier alpha value is -2.19. The quantitative estimate of drug-likeness (QED) is 0.878. The number of hydrogen-bond donors (Lipinski definition) is 1. The van der Waals surface area contributed by atoms with Gasteiger partial charge in [0.1, 0.15) is 11.3 Å². The van der Waals surface area contributed by atoms with Crippen LogP contribution >= 0.6 is 0 Å². The molecule has 2 aromatic rings. The Balaban J connectivity index is 1.83. The molecule has 128 valence electrons. The zero-order valence-corrected chi connectivity index (χ0v) is 13.6. The fraction of sp³-hybridized carbons (Fsp3) is 0.562. The van der Waals surface area contributed by atoms with Crippen molar-refractivity contribution in [3.63, 3.8) is 0 Å². The highest BCUT2D eigenvalue weighted by molar-refractivity contribution is 5.65. The fourth-order valence-corrected chi connectivity index (χ4v) is 3.33. The number of nitrogens with one attached hydrogen (secondary N) is 1. The minimum Gasteiger partial charge on any atom is -0.496 e. The van der Waals surface area contributed by atoms with Crippen LogP contribution in [0.3, 0.4) is 0 Å². The van der Waals surface area contributed by atoms with Crippen molar-refractivity contribution in [3.8, 4) is 17.2 Å². The molecule has 2 aliphatic heterocycles. The second kappa shape index (κ2) is 6.37. The van der Waals surface area contributed by atoms with Crippen molar-refractivity contribution in [2.75, 3.05) is 33.4 Å². The third kappa shape index (κ3) is 2.61. The summed E-state index contributed by atoms with van der Waals surface area (Å²) in [5.74, 6) is 1.70. The highest BCUT2D eigenvalue weighted by atomic mass is 16.5. The van der Waals surface area contributed by atoms with Crippen LogP contribution in [0.1, 0.15) is 23.9 Å². The lowest BCUT2D eigenvalue weighted by molar-refractivity contribution is 0.192. The molecular formula is C16H20N4O4. The lowest BCUT2D eigenvalue weighted by Crippen LogP contribution is -2.25. The van der Waals surface area contributed by atoms with Crippen molar-refractivity contribution in [2.24, 2.45) is 0 Å². The van der Waals surface area contributed by atoms with Crippen LogP contribution in [-0.2, 0) is 17.7 Å². The zero-order valence-electron chi connectivity index (χ0n) is 13.6. The molecule has 2 aromatic heterocycles. The molecule has 0 bridgehead atoms. The summed E-state index contributed by atoms with van der Waals surface area (Å²) in [5.41, 5.74) is 1.53. The number of hydrogen-bond acceptors (Lipinski definition) is 7. The molecular weight excluding hydrogens is 312 g/mol. The largest absolute Gasteiger partial charge is 0.496 e. The van der Waals surface area contributed by atoms with E-state index in [1.54, 1.807) is 11.7 Å². The summed E-state index contributed by atoms with van der Waals surface area (Å²) in [6.45, 7) is 3.50. The third-order valence-electron chi connectivity index (χ3n) is 4.60. The van der Waals surface area contributed by atoms with E-state index in [0.29, 0.717) is 37.0 Å². The second-order valence-corrected chi connectivity index (χ2v) is 6.04. The lowest BCUT2D eigenvalue weighted by Gasteiger charge is -2.15. The molecule has 4 heterocycles. The van der Waals surface area contributed by atoms with E-state index < -0.39 is 0 Å². The Labute approximate surface area is 138 Å². The number of methoxy groups -OCH3 is 1. The van der Waals surface area contributed by atoms with Crippen LogP contribution in [0, 0.1) is 0 Å². The number of aromatic nitrogens is 3. The van der Waals surface area contributed by atoms with Crippen molar-refractivity contribution < 1.29 is 14.0 Å². The maximum atomic E-state index is 12.4. The summed E-state index contributed by atoms with van der Waals surface area (Å²) in [5, 5.41) is 7.42. The van der Waals surface area contributed by atoms with Crippen molar-refractivity contribution in [2.45, 2.75) is 25.3 Å². The van der Waals surface area contributed by atoms with Gasteiger partial charge in [-0.2, -0.15) is 4.98 Å².